The summed E-state index contributed by atoms with van der Waals surface area (Å²) in [5.41, 5.74) is 3.66. The first kappa shape index (κ1) is 16.1. The Bertz CT molecular complexity index is 946. The molecule has 0 aliphatic carbocycles. The van der Waals surface area contributed by atoms with Crippen LogP contribution in [0.3, 0.4) is 0 Å². The Morgan fingerprint density at radius 2 is 2.00 bits per heavy atom. The molecule has 0 fully saturated rings. The number of pyridine rings is 1. The summed E-state index contributed by atoms with van der Waals surface area (Å²) in [6.07, 6.45) is 1.97. The van der Waals surface area contributed by atoms with Crippen molar-refractivity contribution in [2.45, 2.75) is 19.4 Å². The molecule has 1 aromatic carbocycles. The van der Waals surface area contributed by atoms with Crippen molar-refractivity contribution in [3.63, 3.8) is 0 Å². The van der Waals surface area contributed by atoms with Gasteiger partial charge in [-0.2, -0.15) is 5.10 Å². The van der Waals surface area contributed by atoms with Crippen LogP contribution in [0.4, 0.5) is 0 Å². The minimum atomic E-state index is -0.213. The molecular weight excluding hydrogens is 332 g/mol. The van der Waals surface area contributed by atoms with Gasteiger partial charge in [0.1, 0.15) is 11.5 Å². The second kappa shape index (κ2) is 6.51. The number of benzene rings is 1. The first-order chi connectivity index (χ1) is 12.6. The molecule has 0 saturated heterocycles. The average Bonchev–Trinajstić information content (AvgIpc) is 3.22. The molecule has 1 aliphatic heterocycles. The van der Waals surface area contributed by atoms with Gasteiger partial charge in [-0.1, -0.05) is 17.3 Å². The molecule has 7 heteroatoms. The van der Waals surface area contributed by atoms with Gasteiger partial charge in [0.25, 0.3) is 0 Å². The Hall–Kier alpha value is -3.35. The van der Waals surface area contributed by atoms with E-state index in [-0.39, 0.29) is 11.9 Å². The third kappa shape index (κ3) is 3.23. The summed E-state index contributed by atoms with van der Waals surface area (Å²) >= 11 is 0. The normalized spacial score (nSPS) is 16.2. The van der Waals surface area contributed by atoms with E-state index in [0.717, 1.165) is 22.6 Å². The molecule has 0 saturated carbocycles. The lowest BCUT2D eigenvalue weighted by atomic mass is 10.1. The SMILES string of the molecule is Cc1cc(-c2ccc(OC3=NO[C@@H](c4ccc(O)cc4)C3)cn2)n(C)n1. The number of ether oxygens (including phenoxy) is 1. The summed E-state index contributed by atoms with van der Waals surface area (Å²) in [4.78, 5) is 9.87. The first-order valence-electron chi connectivity index (χ1n) is 8.25. The minimum Gasteiger partial charge on any atom is -0.508 e. The molecule has 1 atom stereocenters. The summed E-state index contributed by atoms with van der Waals surface area (Å²) in [6.45, 7) is 1.95. The molecule has 0 amide bonds. The zero-order chi connectivity index (χ0) is 18.1. The number of rotatable bonds is 3. The Balaban J connectivity index is 1.42. The number of nitrogens with zero attached hydrogens (tertiary/aromatic N) is 4. The van der Waals surface area contributed by atoms with Gasteiger partial charge in [-0.25, -0.2) is 0 Å². The molecule has 4 rings (SSSR count). The number of oxime groups is 1. The van der Waals surface area contributed by atoms with Gasteiger partial charge in [0, 0.05) is 7.05 Å². The summed E-state index contributed by atoms with van der Waals surface area (Å²) in [5.74, 6) is 1.31. The number of hydrogen-bond donors (Lipinski definition) is 1. The van der Waals surface area contributed by atoms with E-state index in [9.17, 15) is 5.11 Å². The van der Waals surface area contributed by atoms with E-state index in [1.54, 1.807) is 23.0 Å². The van der Waals surface area contributed by atoms with Gasteiger partial charge in [0.05, 0.1) is 29.7 Å². The Kier molecular flexibility index (Phi) is 4.04. The summed E-state index contributed by atoms with van der Waals surface area (Å²) < 4.78 is 7.57. The van der Waals surface area contributed by atoms with Gasteiger partial charge in [-0.15, -0.1) is 0 Å². The van der Waals surface area contributed by atoms with Crippen molar-refractivity contribution in [3.05, 3.63) is 59.9 Å². The van der Waals surface area contributed by atoms with Gasteiger partial charge < -0.3 is 14.7 Å². The number of phenols is 1. The van der Waals surface area contributed by atoms with Crippen molar-refractivity contribution in [1.82, 2.24) is 14.8 Å². The first-order valence-corrected chi connectivity index (χ1v) is 8.25. The van der Waals surface area contributed by atoms with Gasteiger partial charge in [0.15, 0.2) is 6.10 Å². The molecule has 0 spiro atoms. The molecule has 1 N–H and O–H groups in total. The fourth-order valence-electron chi connectivity index (χ4n) is 2.86. The van der Waals surface area contributed by atoms with E-state index in [1.165, 1.54) is 0 Å². The molecule has 3 aromatic rings. The van der Waals surface area contributed by atoms with E-state index in [0.29, 0.717) is 18.1 Å². The number of phenolic OH excluding ortho intramolecular Hbond substituents is 1. The molecule has 7 nitrogen and oxygen atoms in total. The van der Waals surface area contributed by atoms with Crippen molar-refractivity contribution >= 4 is 5.90 Å². The minimum absolute atomic E-state index is 0.213. The fraction of sp³-hybridized carbons (Fsp3) is 0.211. The lowest BCUT2D eigenvalue weighted by molar-refractivity contribution is 0.0855. The topological polar surface area (TPSA) is 81.8 Å². The van der Waals surface area contributed by atoms with Crippen molar-refractivity contribution in [2.24, 2.45) is 12.2 Å². The molecule has 2 aromatic heterocycles. The Morgan fingerprint density at radius 3 is 2.65 bits per heavy atom. The van der Waals surface area contributed by atoms with Gasteiger partial charge in [-0.3, -0.25) is 9.67 Å². The van der Waals surface area contributed by atoms with Gasteiger partial charge in [-0.05, 0) is 42.8 Å². The van der Waals surface area contributed by atoms with Crippen LogP contribution in [-0.4, -0.2) is 25.8 Å². The highest BCUT2D eigenvalue weighted by molar-refractivity contribution is 5.79. The quantitative estimate of drug-likeness (QED) is 0.783. The van der Waals surface area contributed by atoms with Crippen molar-refractivity contribution in [3.8, 4) is 22.9 Å². The van der Waals surface area contributed by atoms with Gasteiger partial charge >= 0.3 is 0 Å². The van der Waals surface area contributed by atoms with E-state index >= 15 is 0 Å². The Morgan fingerprint density at radius 1 is 1.19 bits per heavy atom. The van der Waals surface area contributed by atoms with Crippen LogP contribution in [0, 0.1) is 6.92 Å². The van der Waals surface area contributed by atoms with Crippen LogP contribution < -0.4 is 4.74 Å². The molecule has 0 unspecified atom stereocenters. The Labute approximate surface area is 150 Å². The monoisotopic (exact) mass is 350 g/mol. The molecule has 0 radical (unpaired) electrons. The zero-order valence-electron chi connectivity index (χ0n) is 14.5. The van der Waals surface area contributed by atoms with E-state index < -0.39 is 0 Å². The largest absolute Gasteiger partial charge is 0.508 e. The number of aromatic hydroxyl groups is 1. The number of hydrogen-bond acceptors (Lipinski definition) is 6. The molecular formula is C19H18N4O3. The van der Waals surface area contributed by atoms with Crippen molar-refractivity contribution in [2.75, 3.05) is 0 Å². The maximum Gasteiger partial charge on any atom is 0.235 e. The lowest BCUT2D eigenvalue weighted by Gasteiger charge is -2.08. The molecule has 132 valence electrons. The predicted octanol–water partition coefficient (Wildman–Crippen LogP) is 3.35. The fourth-order valence-corrected chi connectivity index (χ4v) is 2.86. The van der Waals surface area contributed by atoms with E-state index in [1.807, 2.05) is 44.3 Å². The van der Waals surface area contributed by atoms with Crippen molar-refractivity contribution in [1.29, 1.82) is 0 Å². The highest BCUT2D eigenvalue weighted by Gasteiger charge is 2.24. The molecule has 26 heavy (non-hydrogen) atoms. The maximum absolute atomic E-state index is 9.36. The standard InChI is InChI=1S/C19H18N4O3/c1-12-9-17(23(2)21-12)16-8-7-15(11-20-16)25-19-10-18(26-22-19)13-3-5-14(24)6-4-13/h3-9,11,18,24H,10H2,1-2H3/t18-/m1/s1. The smallest absolute Gasteiger partial charge is 0.235 e. The third-order valence-electron chi connectivity index (χ3n) is 4.14. The zero-order valence-corrected chi connectivity index (χ0v) is 14.5. The highest BCUT2D eigenvalue weighted by Crippen LogP contribution is 2.29. The molecule has 0 bridgehead atoms. The second-order valence-electron chi connectivity index (χ2n) is 6.15. The van der Waals surface area contributed by atoms with Crippen LogP contribution in [0.25, 0.3) is 11.4 Å². The van der Waals surface area contributed by atoms with Crippen LogP contribution >= 0.6 is 0 Å². The molecule has 3 heterocycles. The average molecular weight is 350 g/mol. The highest BCUT2D eigenvalue weighted by atomic mass is 16.7. The van der Waals surface area contributed by atoms with Crippen LogP contribution in [0.5, 0.6) is 11.5 Å². The summed E-state index contributed by atoms with van der Waals surface area (Å²) in [6, 6.07) is 12.6. The lowest BCUT2D eigenvalue weighted by Crippen LogP contribution is -2.07. The summed E-state index contributed by atoms with van der Waals surface area (Å²) in [7, 11) is 1.89. The van der Waals surface area contributed by atoms with Gasteiger partial charge in [0.2, 0.25) is 5.90 Å². The summed E-state index contributed by atoms with van der Waals surface area (Å²) in [5, 5.41) is 17.7. The number of aryl methyl sites for hydroxylation is 2. The third-order valence-corrected chi connectivity index (χ3v) is 4.14. The van der Waals surface area contributed by atoms with Crippen molar-refractivity contribution < 1.29 is 14.7 Å². The van der Waals surface area contributed by atoms with Crippen LogP contribution in [0.1, 0.15) is 23.8 Å². The second-order valence-corrected chi connectivity index (χ2v) is 6.15. The van der Waals surface area contributed by atoms with E-state index in [4.69, 9.17) is 9.57 Å². The molecule has 1 aliphatic rings. The van der Waals surface area contributed by atoms with Crippen LogP contribution in [0.2, 0.25) is 0 Å². The van der Waals surface area contributed by atoms with E-state index in [2.05, 4.69) is 15.2 Å². The maximum atomic E-state index is 9.36. The number of aromatic nitrogens is 3. The van der Waals surface area contributed by atoms with Crippen LogP contribution in [0.15, 0.2) is 53.8 Å². The predicted molar refractivity (Wildman–Crippen MR) is 95.8 cm³/mol. The van der Waals surface area contributed by atoms with Crippen LogP contribution in [-0.2, 0) is 11.9 Å².